The number of carbonyl (C=O) groups is 1. The van der Waals surface area contributed by atoms with E-state index in [4.69, 9.17) is 15.6 Å². The van der Waals surface area contributed by atoms with Crippen molar-refractivity contribution in [2.45, 2.75) is 12.7 Å². The van der Waals surface area contributed by atoms with Crippen LogP contribution in [0.1, 0.15) is 0 Å². The summed E-state index contributed by atoms with van der Waals surface area (Å²) < 4.78 is 59.6. The highest BCUT2D eigenvalue weighted by Gasteiger charge is 2.38. The molecule has 0 bridgehead atoms. The normalized spacial score (nSPS) is 10.9. The maximum absolute atomic E-state index is 12.8. The van der Waals surface area contributed by atoms with Crippen molar-refractivity contribution in [3.63, 3.8) is 0 Å². The zero-order valence-corrected chi connectivity index (χ0v) is 18.5. The molecule has 0 saturated heterocycles. The van der Waals surface area contributed by atoms with Gasteiger partial charge in [0.15, 0.2) is 0 Å². The number of hydrogen-bond donors (Lipinski definition) is 2. The van der Waals surface area contributed by atoms with Crippen molar-refractivity contribution in [1.29, 1.82) is 0 Å². The largest absolute Gasteiger partial charge is 0.490 e. The summed E-state index contributed by atoms with van der Waals surface area (Å²) in [6.07, 6.45) is -3.91. The maximum atomic E-state index is 12.8. The standard InChI is InChI=1S/C19H20F2N6O.C2HF3O2/c1-25(2)17-7-6-14(10-23-17)13-4-3-5-16(8-13)26-12-24-27(19(26)28)11-15(9-22)18(20)21;3-2(4,5)1(6)7/h3-8,10,12H,9,11,22H2,1-2H3;(H,6,7). The second kappa shape index (κ2) is 11.4. The van der Waals surface area contributed by atoms with Crippen LogP contribution in [0.3, 0.4) is 0 Å². The lowest BCUT2D eigenvalue weighted by Gasteiger charge is -2.11. The lowest BCUT2D eigenvalue weighted by atomic mass is 10.1. The van der Waals surface area contributed by atoms with Gasteiger partial charge < -0.3 is 15.7 Å². The summed E-state index contributed by atoms with van der Waals surface area (Å²) in [7, 11) is 3.82. The van der Waals surface area contributed by atoms with Gasteiger partial charge in [-0.1, -0.05) is 12.1 Å². The number of halogens is 5. The smallest absolute Gasteiger partial charge is 0.475 e. The van der Waals surface area contributed by atoms with E-state index in [1.54, 1.807) is 18.3 Å². The molecule has 0 aliphatic heterocycles. The third-order valence-electron chi connectivity index (χ3n) is 4.49. The number of nitrogens with two attached hydrogens (primary N) is 1. The molecule has 14 heteroatoms. The molecule has 9 nitrogen and oxygen atoms in total. The minimum absolute atomic E-state index is 0.326. The summed E-state index contributed by atoms with van der Waals surface area (Å²) in [5, 5.41) is 11.0. The fourth-order valence-corrected chi connectivity index (χ4v) is 2.66. The minimum atomic E-state index is -5.08. The van der Waals surface area contributed by atoms with Crippen LogP contribution in [0.4, 0.5) is 27.8 Å². The number of aliphatic carboxylic acids is 1. The molecule has 0 atom stereocenters. The Bertz CT molecular complexity index is 1250. The monoisotopic (exact) mass is 500 g/mol. The molecular weight excluding hydrogens is 479 g/mol. The van der Waals surface area contributed by atoms with Crippen LogP contribution in [0.15, 0.2) is 65.4 Å². The van der Waals surface area contributed by atoms with E-state index in [9.17, 15) is 26.7 Å². The third-order valence-corrected chi connectivity index (χ3v) is 4.49. The van der Waals surface area contributed by atoms with Crippen LogP contribution >= 0.6 is 0 Å². The van der Waals surface area contributed by atoms with Gasteiger partial charge in [-0.15, -0.1) is 0 Å². The molecule has 0 unspecified atom stereocenters. The van der Waals surface area contributed by atoms with E-state index >= 15 is 0 Å². The van der Waals surface area contributed by atoms with E-state index in [1.807, 2.05) is 43.3 Å². The summed E-state index contributed by atoms with van der Waals surface area (Å²) in [5.41, 5.74) is 6.79. The number of aromatic nitrogens is 4. The van der Waals surface area contributed by atoms with Crippen molar-refractivity contribution in [3.8, 4) is 16.8 Å². The molecule has 3 N–H and O–H groups in total. The van der Waals surface area contributed by atoms with E-state index in [0.29, 0.717) is 5.69 Å². The molecule has 2 aromatic heterocycles. The number of nitrogens with zero attached hydrogens (tertiary/aromatic N) is 5. The molecule has 35 heavy (non-hydrogen) atoms. The number of alkyl halides is 3. The Hall–Kier alpha value is -4.07. The Morgan fingerprint density at radius 3 is 2.29 bits per heavy atom. The number of benzene rings is 1. The van der Waals surface area contributed by atoms with Crippen LogP contribution in [-0.4, -0.2) is 57.2 Å². The fourth-order valence-electron chi connectivity index (χ4n) is 2.66. The van der Waals surface area contributed by atoms with Gasteiger partial charge in [0.25, 0.3) is 6.08 Å². The van der Waals surface area contributed by atoms with Crippen molar-refractivity contribution >= 4 is 11.8 Å². The molecule has 188 valence electrons. The Balaban J connectivity index is 0.000000540. The Morgan fingerprint density at radius 1 is 1.14 bits per heavy atom. The summed E-state index contributed by atoms with van der Waals surface area (Å²) in [4.78, 5) is 27.7. The van der Waals surface area contributed by atoms with Gasteiger partial charge in [0.05, 0.1) is 12.2 Å². The second-order valence-corrected chi connectivity index (χ2v) is 7.16. The van der Waals surface area contributed by atoms with Crippen molar-refractivity contribution in [2.24, 2.45) is 5.73 Å². The van der Waals surface area contributed by atoms with Crippen LogP contribution in [0.25, 0.3) is 16.8 Å². The molecular formula is C21H21F5N6O3. The number of hydrogen-bond acceptors (Lipinski definition) is 6. The van der Waals surface area contributed by atoms with Crippen LogP contribution in [0, 0.1) is 0 Å². The van der Waals surface area contributed by atoms with E-state index in [-0.39, 0.29) is 18.7 Å². The van der Waals surface area contributed by atoms with E-state index in [2.05, 4.69) is 10.1 Å². The first-order chi connectivity index (χ1) is 16.3. The second-order valence-electron chi connectivity index (χ2n) is 7.16. The first-order valence-corrected chi connectivity index (χ1v) is 9.77. The third kappa shape index (κ3) is 7.20. The average Bonchev–Trinajstić information content (AvgIpc) is 3.17. The van der Waals surface area contributed by atoms with Crippen molar-refractivity contribution in [3.05, 3.63) is 71.1 Å². The topological polar surface area (TPSA) is 119 Å². The Labute approximate surface area is 195 Å². The Kier molecular flexibility index (Phi) is 8.83. The van der Waals surface area contributed by atoms with Crippen molar-refractivity contribution in [2.75, 3.05) is 25.5 Å². The summed E-state index contributed by atoms with van der Waals surface area (Å²) in [6, 6.07) is 11.1. The van der Waals surface area contributed by atoms with Gasteiger partial charge >= 0.3 is 17.8 Å². The number of anilines is 1. The summed E-state index contributed by atoms with van der Waals surface area (Å²) in [6.45, 7) is -0.687. The molecule has 0 fully saturated rings. The van der Waals surface area contributed by atoms with E-state index in [1.165, 1.54) is 10.9 Å². The van der Waals surface area contributed by atoms with Crippen LogP contribution in [0.2, 0.25) is 0 Å². The zero-order chi connectivity index (χ0) is 26.3. The number of rotatable bonds is 6. The van der Waals surface area contributed by atoms with Gasteiger partial charge in [-0.3, -0.25) is 0 Å². The van der Waals surface area contributed by atoms with Gasteiger partial charge in [-0.05, 0) is 29.8 Å². The van der Waals surface area contributed by atoms with Crippen LogP contribution < -0.4 is 16.3 Å². The van der Waals surface area contributed by atoms with Crippen LogP contribution in [0.5, 0.6) is 0 Å². The molecule has 3 aromatic rings. The molecule has 0 aliphatic rings. The number of carboxylic acids is 1. The molecule has 0 aliphatic carbocycles. The SMILES string of the molecule is CN(C)c1ccc(-c2cccc(-n3cnn(CC(CN)=C(F)F)c3=O)c2)cn1.O=C(O)C(F)(F)F. The van der Waals surface area contributed by atoms with Crippen molar-refractivity contribution < 1.29 is 31.9 Å². The quantitative estimate of drug-likeness (QED) is 0.500. The Morgan fingerprint density at radius 2 is 1.80 bits per heavy atom. The van der Waals surface area contributed by atoms with Gasteiger partial charge in [0, 0.05) is 38.0 Å². The molecule has 1 aromatic carbocycles. The van der Waals surface area contributed by atoms with E-state index in [0.717, 1.165) is 21.6 Å². The van der Waals surface area contributed by atoms with E-state index < -0.39 is 23.9 Å². The maximum Gasteiger partial charge on any atom is 0.490 e. The first-order valence-electron chi connectivity index (χ1n) is 9.77. The van der Waals surface area contributed by atoms with Gasteiger partial charge in [0.2, 0.25) is 0 Å². The lowest BCUT2D eigenvalue weighted by Crippen LogP contribution is -2.26. The van der Waals surface area contributed by atoms with Crippen molar-refractivity contribution in [1.82, 2.24) is 19.3 Å². The van der Waals surface area contributed by atoms with Gasteiger partial charge in [-0.25, -0.2) is 23.8 Å². The molecule has 0 amide bonds. The summed E-state index contributed by atoms with van der Waals surface area (Å²) >= 11 is 0. The van der Waals surface area contributed by atoms with Crippen LogP contribution in [-0.2, 0) is 11.3 Å². The number of pyridine rings is 1. The predicted molar refractivity (Wildman–Crippen MR) is 117 cm³/mol. The molecule has 0 radical (unpaired) electrons. The van der Waals surface area contributed by atoms with Gasteiger partial charge in [-0.2, -0.15) is 27.1 Å². The number of carboxylic acid groups (broad SMARTS) is 1. The average molecular weight is 500 g/mol. The molecule has 0 saturated carbocycles. The highest BCUT2D eigenvalue weighted by molar-refractivity contribution is 5.73. The molecule has 0 spiro atoms. The molecule has 3 rings (SSSR count). The first kappa shape index (κ1) is 27.2. The lowest BCUT2D eigenvalue weighted by molar-refractivity contribution is -0.192. The fraction of sp³-hybridized carbons (Fsp3) is 0.238. The molecule has 2 heterocycles. The minimum Gasteiger partial charge on any atom is -0.475 e. The zero-order valence-electron chi connectivity index (χ0n) is 18.5. The highest BCUT2D eigenvalue weighted by atomic mass is 19.4. The summed E-state index contributed by atoms with van der Waals surface area (Å²) in [5.74, 6) is -1.92. The van der Waals surface area contributed by atoms with Gasteiger partial charge in [0.1, 0.15) is 12.1 Å². The predicted octanol–water partition coefficient (Wildman–Crippen LogP) is 2.90. The highest BCUT2D eigenvalue weighted by Crippen LogP contribution is 2.22.